The number of hydrogen-bond donors (Lipinski definition) is 0. The molecule has 2 aliphatic heterocycles. The lowest BCUT2D eigenvalue weighted by molar-refractivity contribution is 0.159. The maximum atomic E-state index is 12.6. The normalized spacial score (nSPS) is 23.1. The van der Waals surface area contributed by atoms with Gasteiger partial charge in [-0.25, -0.2) is 8.42 Å². The highest BCUT2D eigenvalue weighted by atomic mass is 32.2. The first-order valence-electron chi connectivity index (χ1n) is 7.68. The Kier molecular flexibility index (Phi) is 3.98. The maximum absolute atomic E-state index is 12.6. The summed E-state index contributed by atoms with van der Waals surface area (Å²) < 4.78 is 32.6. The molecule has 1 spiro atoms. The van der Waals surface area contributed by atoms with Crippen LogP contribution in [0.3, 0.4) is 0 Å². The monoisotopic (exact) mass is 363 g/mol. The third-order valence-corrected chi connectivity index (χ3v) is 7.66. The molecule has 2 fully saturated rings. The third kappa shape index (κ3) is 2.89. The fourth-order valence-corrected chi connectivity index (χ4v) is 6.39. The Morgan fingerprint density at radius 2 is 1.92 bits per heavy atom. The molecular formula is C16H17N3O3S2. The van der Waals surface area contributed by atoms with Gasteiger partial charge in [0.05, 0.1) is 6.20 Å². The van der Waals surface area contributed by atoms with Crippen molar-refractivity contribution in [2.24, 2.45) is 0 Å². The number of aromatic nitrogens is 2. The van der Waals surface area contributed by atoms with Gasteiger partial charge in [-0.1, -0.05) is 0 Å². The molecule has 4 rings (SSSR count). The second kappa shape index (κ2) is 6.02. The molecule has 0 amide bonds. The van der Waals surface area contributed by atoms with Crippen LogP contribution in [-0.4, -0.2) is 52.4 Å². The summed E-state index contributed by atoms with van der Waals surface area (Å²) in [6.45, 7) is 1.06. The van der Waals surface area contributed by atoms with Gasteiger partial charge in [-0.05, 0) is 24.3 Å². The topological polar surface area (TPSA) is 72.4 Å². The molecule has 2 aromatic heterocycles. The van der Waals surface area contributed by atoms with Crippen molar-refractivity contribution in [2.45, 2.75) is 22.2 Å². The number of nitrogens with zero attached hydrogens (tertiary/aromatic N) is 3. The summed E-state index contributed by atoms with van der Waals surface area (Å²) in [7, 11) is -3.44. The summed E-state index contributed by atoms with van der Waals surface area (Å²) in [5.41, 5.74) is 0. The zero-order chi connectivity index (χ0) is 16.6. The van der Waals surface area contributed by atoms with E-state index >= 15 is 0 Å². The first-order valence-corrected chi connectivity index (χ1v) is 10.1. The zero-order valence-electron chi connectivity index (χ0n) is 12.9. The van der Waals surface area contributed by atoms with E-state index in [1.165, 1.54) is 10.5 Å². The summed E-state index contributed by atoms with van der Waals surface area (Å²) in [5.74, 6) is 1.63. The molecule has 2 aromatic rings. The Morgan fingerprint density at radius 1 is 1.17 bits per heavy atom. The third-order valence-electron chi connectivity index (χ3n) is 4.31. The van der Waals surface area contributed by atoms with Crippen molar-refractivity contribution < 1.29 is 13.2 Å². The highest BCUT2D eigenvalue weighted by Crippen LogP contribution is 2.47. The minimum atomic E-state index is -3.44. The Bertz CT molecular complexity index is 809. The van der Waals surface area contributed by atoms with Crippen LogP contribution < -0.4 is 4.74 Å². The van der Waals surface area contributed by atoms with E-state index in [0.29, 0.717) is 13.1 Å². The Morgan fingerprint density at radius 3 is 2.58 bits per heavy atom. The molecule has 8 heteroatoms. The Labute approximate surface area is 145 Å². The number of ether oxygens (including phenoxy) is 1. The average molecular weight is 363 g/mol. The number of sulfonamides is 1. The smallest absolute Gasteiger partial charge is 0.244 e. The van der Waals surface area contributed by atoms with E-state index in [1.807, 2.05) is 12.1 Å². The van der Waals surface area contributed by atoms with Gasteiger partial charge >= 0.3 is 0 Å². The van der Waals surface area contributed by atoms with Gasteiger partial charge in [0.1, 0.15) is 16.7 Å². The Hall–Kier alpha value is -1.64. The molecule has 0 aliphatic carbocycles. The van der Waals surface area contributed by atoms with E-state index < -0.39 is 10.0 Å². The standard InChI is InChI=1S/C16H17N3O3S2/c20-24(21,15-4-2-6-18-9-15)19-11-16(12-19)7-14(10-23-16)22-13-3-1-5-17-8-13/h1-6,8-9,14H,7,10-12H2. The van der Waals surface area contributed by atoms with Gasteiger partial charge in [0, 0.05) is 48.6 Å². The largest absolute Gasteiger partial charge is 0.488 e. The van der Waals surface area contributed by atoms with Crippen molar-refractivity contribution in [1.29, 1.82) is 0 Å². The fraction of sp³-hybridized carbons (Fsp3) is 0.375. The highest BCUT2D eigenvalue weighted by Gasteiger charge is 2.53. The minimum absolute atomic E-state index is 0.0256. The van der Waals surface area contributed by atoms with Gasteiger partial charge in [-0.2, -0.15) is 4.31 Å². The SMILES string of the molecule is O=S(=O)(c1cccnc1)N1CC2(CC(Oc3cccnc3)CS2)C1. The zero-order valence-corrected chi connectivity index (χ0v) is 14.5. The van der Waals surface area contributed by atoms with Crippen LogP contribution in [0.15, 0.2) is 53.9 Å². The van der Waals surface area contributed by atoms with Crippen LogP contribution in [-0.2, 0) is 10.0 Å². The molecule has 2 saturated heterocycles. The molecule has 0 N–H and O–H groups in total. The summed E-state index contributed by atoms with van der Waals surface area (Å²) in [6, 6.07) is 6.97. The minimum Gasteiger partial charge on any atom is -0.488 e. The predicted octanol–water partition coefficient (Wildman–Crippen LogP) is 1.80. The second-order valence-electron chi connectivity index (χ2n) is 6.09. The van der Waals surface area contributed by atoms with E-state index in [4.69, 9.17) is 4.74 Å². The van der Waals surface area contributed by atoms with E-state index in [9.17, 15) is 8.42 Å². The predicted molar refractivity (Wildman–Crippen MR) is 91.5 cm³/mol. The van der Waals surface area contributed by atoms with Crippen LogP contribution in [0.2, 0.25) is 0 Å². The number of hydrogen-bond acceptors (Lipinski definition) is 6. The van der Waals surface area contributed by atoms with Gasteiger partial charge in [-0.15, -0.1) is 11.8 Å². The van der Waals surface area contributed by atoms with E-state index in [-0.39, 0.29) is 15.7 Å². The average Bonchev–Trinajstić information content (AvgIpc) is 3.00. The van der Waals surface area contributed by atoms with Gasteiger partial charge in [0.2, 0.25) is 10.0 Å². The van der Waals surface area contributed by atoms with E-state index in [1.54, 1.807) is 42.5 Å². The van der Waals surface area contributed by atoms with Crippen LogP contribution in [0.5, 0.6) is 5.75 Å². The first-order chi connectivity index (χ1) is 11.6. The van der Waals surface area contributed by atoms with Gasteiger partial charge in [0.15, 0.2) is 0 Å². The maximum Gasteiger partial charge on any atom is 0.244 e. The molecule has 2 aliphatic rings. The molecule has 24 heavy (non-hydrogen) atoms. The fourth-order valence-electron chi connectivity index (χ4n) is 3.12. The van der Waals surface area contributed by atoms with Crippen LogP contribution in [0.25, 0.3) is 0 Å². The lowest BCUT2D eigenvalue weighted by Crippen LogP contribution is -2.60. The van der Waals surface area contributed by atoms with Crippen LogP contribution in [0.1, 0.15) is 6.42 Å². The first kappa shape index (κ1) is 15.9. The number of pyridine rings is 2. The second-order valence-corrected chi connectivity index (χ2v) is 9.51. The van der Waals surface area contributed by atoms with Crippen LogP contribution >= 0.6 is 11.8 Å². The molecule has 6 nitrogen and oxygen atoms in total. The van der Waals surface area contributed by atoms with Crippen molar-refractivity contribution in [3.05, 3.63) is 49.1 Å². The van der Waals surface area contributed by atoms with Crippen molar-refractivity contribution in [3.8, 4) is 5.75 Å². The summed E-state index contributed by atoms with van der Waals surface area (Å²) in [5, 5.41) is 0. The molecule has 0 bridgehead atoms. The van der Waals surface area contributed by atoms with Crippen molar-refractivity contribution >= 4 is 21.8 Å². The lowest BCUT2D eigenvalue weighted by atomic mass is 9.95. The van der Waals surface area contributed by atoms with E-state index in [2.05, 4.69) is 9.97 Å². The summed E-state index contributed by atoms with van der Waals surface area (Å²) in [6.07, 6.45) is 7.34. The lowest BCUT2D eigenvalue weighted by Gasteiger charge is -2.46. The highest BCUT2D eigenvalue weighted by molar-refractivity contribution is 8.01. The van der Waals surface area contributed by atoms with Crippen LogP contribution in [0, 0.1) is 0 Å². The van der Waals surface area contributed by atoms with Crippen molar-refractivity contribution in [2.75, 3.05) is 18.8 Å². The summed E-state index contributed by atoms with van der Waals surface area (Å²) >= 11 is 1.81. The molecule has 0 radical (unpaired) electrons. The number of rotatable bonds is 4. The quantitative estimate of drug-likeness (QED) is 0.825. The van der Waals surface area contributed by atoms with Gasteiger partial charge in [0.25, 0.3) is 0 Å². The van der Waals surface area contributed by atoms with Crippen molar-refractivity contribution in [1.82, 2.24) is 14.3 Å². The Balaban J connectivity index is 1.39. The van der Waals surface area contributed by atoms with Crippen molar-refractivity contribution in [3.63, 3.8) is 0 Å². The molecule has 0 saturated carbocycles. The summed E-state index contributed by atoms with van der Waals surface area (Å²) in [4.78, 5) is 8.21. The molecule has 4 heterocycles. The molecule has 1 atom stereocenters. The molecule has 126 valence electrons. The molecule has 1 unspecified atom stereocenters. The molecular weight excluding hydrogens is 346 g/mol. The van der Waals surface area contributed by atoms with Gasteiger partial charge in [-0.3, -0.25) is 9.97 Å². The number of thioether (sulfide) groups is 1. The van der Waals surface area contributed by atoms with E-state index in [0.717, 1.165) is 17.9 Å². The molecule has 0 aromatic carbocycles. The van der Waals surface area contributed by atoms with Crippen LogP contribution in [0.4, 0.5) is 0 Å². The van der Waals surface area contributed by atoms with Gasteiger partial charge < -0.3 is 4.74 Å².